The number of alkyl halides is 1. The summed E-state index contributed by atoms with van der Waals surface area (Å²) in [6.45, 7) is 3.87. The van der Waals surface area contributed by atoms with Crippen molar-refractivity contribution in [1.82, 2.24) is 4.98 Å². The van der Waals surface area contributed by atoms with Gasteiger partial charge < -0.3 is 4.98 Å². The number of aryl methyl sites for hydroxylation is 1. The number of hydrogen-bond acceptors (Lipinski definition) is 1. The largest absolute Gasteiger partial charge is 0.360 e. The first-order valence-corrected chi connectivity index (χ1v) is 5.77. The summed E-state index contributed by atoms with van der Waals surface area (Å²) in [6, 6.07) is 6.07. The smallest absolute Gasteiger partial charge is 0.178 e. The van der Waals surface area contributed by atoms with E-state index in [2.05, 4.69) is 20.9 Å². The molecule has 1 aromatic heterocycles. The molecule has 0 fully saturated rings. The Morgan fingerprint density at radius 2 is 2.20 bits per heavy atom. The maximum Gasteiger partial charge on any atom is 0.178 e. The highest BCUT2D eigenvalue weighted by Crippen LogP contribution is 2.22. The van der Waals surface area contributed by atoms with Gasteiger partial charge in [0.25, 0.3) is 0 Å². The van der Waals surface area contributed by atoms with Crippen LogP contribution in [0.1, 0.15) is 22.8 Å². The van der Waals surface area contributed by atoms with Crippen LogP contribution in [0.3, 0.4) is 0 Å². The van der Waals surface area contributed by atoms with Gasteiger partial charge in [-0.1, -0.05) is 27.6 Å². The summed E-state index contributed by atoms with van der Waals surface area (Å²) in [6.07, 6.45) is 1.78. The lowest BCUT2D eigenvalue weighted by molar-refractivity contribution is 0.0997. The monoisotopic (exact) mass is 265 g/mol. The van der Waals surface area contributed by atoms with Gasteiger partial charge in [0.2, 0.25) is 0 Å². The summed E-state index contributed by atoms with van der Waals surface area (Å²) < 4.78 is 0. The highest BCUT2D eigenvalue weighted by Gasteiger charge is 2.15. The number of halogens is 1. The Kier molecular flexibility index (Phi) is 2.65. The third kappa shape index (κ3) is 1.84. The van der Waals surface area contributed by atoms with Crippen molar-refractivity contribution in [2.45, 2.75) is 18.7 Å². The fraction of sp³-hybridized carbons (Fsp3) is 0.250. The molecule has 0 saturated carbocycles. The maximum absolute atomic E-state index is 11.9. The predicted octanol–water partition coefficient (Wildman–Crippen LogP) is 3.44. The number of fused-ring (bicyclic) bond motifs is 1. The molecular weight excluding hydrogens is 254 g/mol. The average Bonchev–Trinajstić information content (AvgIpc) is 2.59. The van der Waals surface area contributed by atoms with Gasteiger partial charge in [0.15, 0.2) is 5.78 Å². The van der Waals surface area contributed by atoms with Gasteiger partial charge in [-0.05, 0) is 26.0 Å². The van der Waals surface area contributed by atoms with E-state index in [4.69, 9.17) is 0 Å². The summed E-state index contributed by atoms with van der Waals surface area (Å²) in [5.41, 5.74) is 2.94. The molecule has 0 amide bonds. The van der Waals surface area contributed by atoms with Crippen molar-refractivity contribution >= 4 is 32.6 Å². The van der Waals surface area contributed by atoms with Gasteiger partial charge in [-0.2, -0.15) is 0 Å². The molecule has 0 saturated heterocycles. The molecule has 2 nitrogen and oxygen atoms in total. The predicted molar refractivity (Wildman–Crippen MR) is 65.8 cm³/mol. The lowest BCUT2D eigenvalue weighted by atomic mass is 10.1. The number of benzene rings is 1. The summed E-state index contributed by atoms with van der Waals surface area (Å²) in [4.78, 5) is 14.8. The molecule has 0 bridgehead atoms. The van der Waals surface area contributed by atoms with Gasteiger partial charge in [-0.25, -0.2) is 0 Å². The minimum Gasteiger partial charge on any atom is -0.360 e. The molecule has 1 unspecified atom stereocenters. The Balaban J connectivity index is 2.62. The highest BCUT2D eigenvalue weighted by molar-refractivity contribution is 9.10. The van der Waals surface area contributed by atoms with Crippen LogP contribution in [0.25, 0.3) is 10.9 Å². The van der Waals surface area contributed by atoms with Gasteiger partial charge in [0.05, 0.1) is 4.83 Å². The number of aromatic amines is 1. The molecule has 1 N–H and O–H groups in total. The van der Waals surface area contributed by atoms with E-state index in [1.165, 1.54) is 5.56 Å². The Labute approximate surface area is 96.8 Å². The zero-order valence-corrected chi connectivity index (χ0v) is 10.3. The summed E-state index contributed by atoms with van der Waals surface area (Å²) >= 11 is 3.30. The molecule has 0 aliphatic rings. The molecule has 0 aliphatic heterocycles. The minimum absolute atomic E-state index is 0.117. The zero-order valence-electron chi connectivity index (χ0n) is 8.67. The first-order chi connectivity index (χ1) is 7.09. The van der Waals surface area contributed by atoms with E-state index in [9.17, 15) is 4.79 Å². The number of rotatable bonds is 2. The topological polar surface area (TPSA) is 32.9 Å². The Morgan fingerprint density at radius 3 is 2.87 bits per heavy atom. The van der Waals surface area contributed by atoms with E-state index in [-0.39, 0.29) is 10.6 Å². The second-order valence-corrected chi connectivity index (χ2v) is 5.11. The molecule has 1 heterocycles. The number of carbonyl (C=O) groups is 1. The SMILES string of the molecule is Cc1ccc2[nH]cc(C(=O)C(C)Br)c2c1. The minimum atomic E-state index is -0.142. The Morgan fingerprint density at radius 1 is 1.47 bits per heavy atom. The number of nitrogens with one attached hydrogen (secondary N) is 1. The molecule has 3 heteroatoms. The van der Waals surface area contributed by atoms with E-state index >= 15 is 0 Å². The quantitative estimate of drug-likeness (QED) is 0.655. The van der Waals surface area contributed by atoms with Crippen LogP contribution in [-0.4, -0.2) is 15.6 Å². The lowest BCUT2D eigenvalue weighted by Gasteiger charge is -2.01. The molecule has 78 valence electrons. The van der Waals surface area contributed by atoms with E-state index in [0.29, 0.717) is 0 Å². The lowest BCUT2D eigenvalue weighted by Crippen LogP contribution is -2.08. The molecule has 0 radical (unpaired) electrons. The molecule has 1 atom stereocenters. The molecule has 0 spiro atoms. The summed E-state index contributed by atoms with van der Waals surface area (Å²) in [5.74, 6) is 0.117. The molecule has 15 heavy (non-hydrogen) atoms. The number of aromatic nitrogens is 1. The first-order valence-electron chi connectivity index (χ1n) is 4.85. The fourth-order valence-electron chi connectivity index (χ4n) is 1.65. The normalized spacial score (nSPS) is 13.0. The zero-order chi connectivity index (χ0) is 11.0. The number of hydrogen-bond donors (Lipinski definition) is 1. The van der Waals surface area contributed by atoms with Crippen LogP contribution < -0.4 is 0 Å². The Hall–Kier alpha value is -1.09. The van der Waals surface area contributed by atoms with E-state index in [0.717, 1.165) is 16.5 Å². The molecule has 2 aromatic rings. The van der Waals surface area contributed by atoms with Gasteiger partial charge >= 0.3 is 0 Å². The number of carbonyl (C=O) groups excluding carboxylic acids is 1. The van der Waals surface area contributed by atoms with Crippen molar-refractivity contribution in [2.75, 3.05) is 0 Å². The van der Waals surface area contributed by atoms with Crippen molar-refractivity contribution in [2.24, 2.45) is 0 Å². The van der Waals surface area contributed by atoms with E-state index in [1.807, 2.05) is 32.0 Å². The van der Waals surface area contributed by atoms with Crippen molar-refractivity contribution in [3.8, 4) is 0 Å². The maximum atomic E-state index is 11.9. The van der Waals surface area contributed by atoms with Crippen LogP contribution in [0.15, 0.2) is 24.4 Å². The fourth-order valence-corrected chi connectivity index (χ4v) is 1.90. The van der Waals surface area contributed by atoms with Crippen molar-refractivity contribution in [3.05, 3.63) is 35.5 Å². The second kappa shape index (κ2) is 3.81. The van der Waals surface area contributed by atoms with E-state index in [1.54, 1.807) is 6.20 Å². The van der Waals surface area contributed by atoms with Crippen LogP contribution in [-0.2, 0) is 0 Å². The Bertz CT molecular complexity index is 513. The van der Waals surface area contributed by atoms with Crippen LogP contribution >= 0.6 is 15.9 Å². The van der Waals surface area contributed by atoms with Crippen LogP contribution in [0, 0.1) is 6.92 Å². The standard InChI is InChI=1S/C12H12BrNO/c1-7-3-4-11-9(5-7)10(6-14-11)12(15)8(2)13/h3-6,8,14H,1-2H3. The number of Topliss-reactive ketones (excluding diaryl/α,β-unsaturated/α-hetero) is 1. The molecule has 0 aliphatic carbocycles. The first kappa shape index (κ1) is 10.4. The van der Waals surface area contributed by atoms with Crippen LogP contribution in [0.2, 0.25) is 0 Å². The van der Waals surface area contributed by atoms with Crippen molar-refractivity contribution in [3.63, 3.8) is 0 Å². The van der Waals surface area contributed by atoms with Crippen LogP contribution in [0.4, 0.5) is 0 Å². The number of ketones is 1. The van der Waals surface area contributed by atoms with Gasteiger partial charge in [-0.15, -0.1) is 0 Å². The number of H-pyrrole nitrogens is 1. The van der Waals surface area contributed by atoms with E-state index < -0.39 is 0 Å². The van der Waals surface area contributed by atoms with Gasteiger partial charge in [0.1, 0.15) is 0 Å². The third-order valence-electron chi connectivity index (χ3n) is 2.46. The highest BCUT2D eigenvalue weighted by atomic mass is 79.9. The van der Waals surface area contributed by atoms with Crippen molar-refractivity contribution in [1.29, 1.82) is 0 Å². The molecule has 2 rings (SSSR count). The molecule has 1 aromatic carbocycles. The second-order valence-electron chi connectivity index (χ2n) is 3.73. The van der Waals surface area contributed by atoms with Gasteiger partial charge in [0, 0.05) is 22.7 Å². The average molecular weight is 266 g/mol. The van der Waals surface area contributed by atoms with Gasteiger partial charge in [-0.3, -0.25) is 4.79 Å². The van der Waals surface area contributed by atoms with Crippen LogP contribution in [0.5, 0.6) is 0 Å². The third-order valence-corrected chi connectivity index (χ3v) is 2.88. The summed E-state index contributed by atoms with van der Waals surface area (Å²) in [7, 11) is 0. The summed E-state index contributed by atoms with van der Waals surface area (Å²) in [5, 5.41) is 1.01. The van der Waals surface area contributed by atoms with Crippen molar-refractivity contribution < 1.29 is 4.79 Å². The molecular formula is C12H12BrNO.